The van der Waals surface area contributed by atoms with Gasteiger partial charge in [-0.3, -0.25) is 0 Å². The van der Waals surface area contributed by atoms with Crippen LogP contribution >= 0.6 is 0 Å². The molecule has 0 spiro atoms. The zero-order valence-corrected chi connectivity index (χ0v) is 11.0. The molecule has 104 valence electrons. The Hall–Kier alpha value is -2.29. The lowest BCUT2D eigenvalue weighted by Crippen LogP contribution is -2.06. The summed E-state index contributed by atoms with van der Waals surface area (Å²) in [5.74, 6) is 0. The summed E-state index contributed by atoms with van der Waals surface area (Å²) in [5.41, 5.74) is 3.19. The highest BCUT2D eigenvalue weighted by Crippen LogP contribution is 2.45. The molecule has 3 heteroatoms. The van der Waals surface area contributed by atoms with Crippen molar-refractivity contribution >= 4 is 10.8 Å². The largest absolute Gasteiger partial charge is 0.417 e. The number of rotatable bonds is 0. The van der Waals surface area contributed by atoms with E-state index in [-0.39, 0.29) is 0 Å². The topological polar surface area (TPSA) is 0 Å². The lowest BCUT2D eigenvalue weighted by Gasteiger charge is -2.14. The summed E-state index contributed by atoms with van der Waals surface area (Å²) in [7, 11) is 0. The van der Waals surface area contributed by atoms with Gasteiger partial charge in [-0.25, -0.2) is 0 Å². The fraction of sp³-hybridized carbons (Fsp3) is 0.111. The van der Waals surface area contributed by atoms with Crippen molar-refractivity contribution in [3.05, 3.63) is 71.3 Å². The third-order valence-electron chi connectivity index (χ3n) is 4.10. The average molecular weight is 284 g/mol. The minimum atomic E-state index is -4.34. The first kappa shape index (κ1) is 12.5. The van der Waals surface area contributed by atoms with Gasteiger partial charge in [0.1, 0.15) is 0 Å². The van der Waals surface area contributed by atoms with Crippen molar-refractivity contribution in [2.24, 2.45) is 0 Å². The van der Waals surface area contributed by atoms with Crippen molar-refractivity contribution in [1.82, 2.24) is 0 Å². The molecule has 0 aromatic heterocycles. The van der Waals surface area contributed by atoms with Gasteiger partial charge in [0.05, 0.1) is 5.56 Å². The van der Waals surface area contributed by atoms with E-state index in [0.717, 1.165) is 22.3 Å². The van der Waals surface area contributed by atoms with Crippen LogP contribution in [0.3, 0.4) is 0 Å². The Balaban J connectivity index is 2.17. The number of hydrogen-bond donors (Lipinski definition) is 0. The van der Waals surface area contributed by atoms with E-state index in [9.17, 15) is 13.2 Å². The number of halogens is 3. The summed E-state index contributed by atoms with van der Waals surface area (Å²) in [4.78, 5) is 0. The quantitative estimate of drug-likeness (QED) is 0.404. The number of benzene rings is 3. The minimum absolute atomic E-state index is 0.326. The Morgan fingerprint density at radius 2 is 1.57 bits per heavy atom. The molecule has 4 rings (SSSR count). The lowest BCUT2D eigenvalue weighted by molar-refractivity contribution is -0.136. The SMILES string of the molecule is FC(F)(F)c1cccc2ccc3c(c12)-c1ccccc1C3. The third kappa shape index (κ3) is 1.77. The summed E-state index contributed by atoms with van der Waals surface area (Å²) in [6.07, 6.45) is -3.64. The molecule has 0 fully saturated rings. The van der Waals surface area contributed by atoms with Crippen LogP contribution in [0.4, 0.5) is 13.2 Å². The second-order valence-corrected chi connectivity index (χ2v) is 5.34. The second kappa shape index (κ2) is 4.10. The standard InChI is InChI=1S/C18H11F3/c19-18(20,21)15-7-3-5-11-8-9-13-10-12-4-1-2-6-14(12)16(13)17(11)15/h1-9H,10H2. The Kier molecular flexibility index (Phi) is 2.43. The van der Waals surface area contributed by atoms with Crippen LogP contribution < -0.4 is 0 Å². The molecule has 0 bridgehead atoms. The summed E-state index contributed by atoms with van der Waals surface area (Å²) >= 11 is 0. The Morgan fingerprint density at radius 1 is 0.762 bits per heavy atom. The van der Waals surface area contributed by atoms with Crippen molar-refractivity contribution in [1.29, 1.82) is 0 Å². The van der Waals surface area contributed by atoms with Crippen LogP contribution in [-0.4, -0.2) is 0 Å². The summed E-state index contributed by atoms with van der Waals surface area (Å²) in [6.45, 7) is 0. The second-order valence-electron chi connectivity index (χ2n) is 5.34. The van der Waals surface area contributed by atoms with Crippen LogP contribution in [0.5, 0.6) is 0 Å². The Morgan fingerprint density at radius 3 is 2.38 bits per heavy atom. The predicted octanol–water partition coefficient (Wildman–Crippen LogP) is 5.43. The monoisotopic (exact) mass is 284 g/mol. The summed E-state index contributed by atoms with van der Waals surface area (Å²) in [5, 5.41) is 0.965. The smallest absolute Gasteiger partial charge is 0.166 e. The van der Waals surface area contributed by atoms with Crippen LogP contribution in [0.25, 0.3) is 21.9 Å². The molecule has 0 unspecified atom stereocenters. The van der Waals surface area contributed by atoms with Crippen molar-refractivity contribution in [3.63, 3.8) is 0 Å². The molecule has 0 aliphatic heterocycles. The van der Waals surface area contributed by atoms with Gasteiger partial charge in [-0.1, -0.05) is 48.5 Å². The van der Waals surface area contributed by atoms with Crippen LogP contribution in [0, 0.1) is 0 Å². The van der Waals surface area contributed by atoms with Crippen LogP contribution in [0.2, 0.25) is 0 Å². The highest BCUT2D eigenvalue weighted by molar-refractivity contribution is 6.03. The van der Waals surface area contributed by atoms with Gasteiger partial charge in [-0.15, -0.1) is 0 Å². The molecule has 0 N–H and O–H groups in total. The first-order chi connectivity index (χ1) is 10.1. The van der Waals surface area contributed by atoms with E-state index in [0.29, 0.717) is 17.2 Å². The molecule has 0 amide bonds. The van der Waals surface area contributed by atoms with E-state index in [1.165, 1.54) is 12.1 Å². The molecule has 0 heterocycles. The van der Waals surface area contributed by atoms with Gasteiger partial charge in [0.2, 0.25) is 0 Å². The predicted molar refractivity (Wildman–Crippen MR) is 77.2 cm³/mol. The van der Waals surface area contributed by atoms with Crippen molar-refractivity contribution in [2.75, 3.05) is 0 Å². The maximum atomic E-state index is 13.4. The van der Waals surface area contributed by atoms with E-state index in [1.54, 1.807) is 12.1 Å². The molecule has 21 heavy (non-hydrogen) atoms. The Labute approximate surface area is 119 Å². The van der Waals surface area contributed by atoms with E-state index in [4.69, 9.17) is 0 Å². The first-order valence-corrected chi connectivity index (χ1v) is 6.76. The highest BCUT2D eigenvalue weighted by Gasteiger charge is 2.34. The lowest BCUT2D eigenvalue weighted by atomic mass is 9.94. The molecule has 0 nitrogen and oxygen atoms in total. The van der Waals surface area contributed by atoms with Gasteiger partial charge in [0.25, 0.3) is 0 Å². The summed E-state index contributed by atoms with van der Waals surface area (Å²) < 4.78 is 40.1. The van der Waals surface area contributed by atoms with Gasteiger partial charge in [0, 0.05) is 5.39 Å². The van der Waals surface area contributed by atoms with E-state index < -0.39 is 11.7 Å². The molecule has 0 saturated heterocycles. The van der Waals surface area contributed by atoms with Gasteiger partial charge >= 0.3 is 6.18 Å². The van der Waals surface area contributed by atoms with Crippen molar-refractivity contribution in [2.45, 2.75) is 12.6 Å². The molecule has 1 aliphatic rings. The van der Waals surface area contributed by atoms with Gasteiger partial charge < -0.3 is 0 Å². The highest BCUT2D eigenvalue weighted by atomic mass is 19.4. The number of hydrogen-bond acceptors (Lipinski definition) is 0. The molecular weight excluding hydrogens is 273 g/mol. The maximum Gasteiger partial charge on any atom is 0.417 e. The van der Waals surface area contributed by atoms with Gasteiger partial charge in [-0.05, 0) is 40.1 Å². The first-order valence-electron chi connectivity index (χ1n) is 6.76. The maximum absolute atomic E-state index is 13.4. The van der Waals surface area contributed by atoms with Gasteiger partial charge in [-0.2, -0.15) is 13.2 Å². The van der Waals surface area contributed by atoms with Crippen LogP contribution in [0.1, 0.15) is 16.7 Å². The molecule has 0 saturated carbocycles. The molecule has 0 atom stereocenters. The normalized spacial score (nSPS) is 13.3. The zero-order chi connectivity index (χ0) is 14.6. The summed E-state index contributed by atoms with van der Waals surface area (Å²) in [6, 6.07) is 15.8. The van der Waals surface area contributed by atoms with Crippen molar-refractivity contribution in [3.8, 4) is 11.1 Å². The van der Waals surface area contributed by atoms with E-state index >= 15 is 0 Å². The number of alkyl halides is 3. The minimum Gasteiger partial charge on any atom is -0.166 e. The van der Waals surface area contributed by atoms with E-state index in [2.05, 4.69) is 0 Å². The molecule has 3 aromatic carbocycles. The Bertz CT molecular complexity index is 860. The fourth-order valence-electron chi connectivity index (χ4n) is 3.24. The van der Waals surface area contributed by atoms with Crippen molar-refractivity contribution < 1.29 is 13.2 Å². The molecule has 1 aliphatic carbocycles. The van der Waals surface area contributed by atoms with Crippen LogP contribution in [-0.2, 0) is 12.6 Å². The molecular formula is C18H11F3. The van der Waals surface area contributed by atoms with Crippen LogP contribution in [0.15, 0.2) is 54.6 Å². The third-order valence-corrected chi connectivity index (χ3v) is 4.10. The molecule has 0 radical (unpaired) electrons. The molecule has 3 aromatic rings. The number of fused-ring (bicyclic) bond motifs is 5. The van der Waals surface area contributed by atoms with E-state index in [1.807, 2.05) is 30.3 Å². The fourth-order valence-corrected chi connectivity index (χ4v) is 3.24. The zero-order valence-electron chi connectivity index (χ0n) is 11.0. The van der Waals surface area contributed by atoms with Gasteiger partial charge in [0.15, 0.2) is 0 Å². The average Bonchev–Trinajstić information content (AvgIpc) is 2.84.